The Morgan fingerprint density at radius 2 is 1.76 bits per heavy atom. The summed E-state index contributed by atoms with van der Waals surface area (Å²) in [7, 11) is -0.600. The number of hydrogen-bond donors (Lipinski definition) is 2. The summed E-state index contributed by atoms with van der Waals surface area (Å²) in [6, 6.07) is 20.4. The standard InChI is InChI=1S/C30H34N2O8S/c1-37-26-14-9-22(19-27(26)38-2)20-31-29(34)30(15-18-41(35,36)25-7-4-3-5-8-25)21-40-28(32-30)23-10-12-24(13-11-23)39-17-6-16-33/h3-5,7-14,19,33H,6,15-18,20-21H2,1-2H3,(H,31,34)/t30-/m1/s1. The highest BCUT2D eigenvalue weighted by atomic mass is 32.2. The SMILES string of the molecule is COc1ccc(CNC(=O)[C@@]2(CCS(=O)(=O)c3ccccc3)COC(c3ccc(OCCCO)cc3)=N2)cc1OC. The third kappa shape index (κ3) is 7.36. The Kier molecular flexibility index (Phi) is 9.85. The van der Waals surface area contributed by atoms with Gasteiger partial charge in [0.15, 0.2) is 26.9 Å². The number of amides is 1. The Morgan fingerprint density at radius 3 is 2.44 bits per heavy atom. The molecule has 1 aliphatic rings. The minimum Gasteiger partial charge on any atom is -0.494 e. The van der Waals surface area contributed by atoms with Crippen molar-refractivity contribution in [3.05, 3.63) is 83.9 Å². The number of rotatable bonds is 14. The summed E-state index contributed by atoms with van der Waals surface area (Å²) in [5.74, 6) is 1.21. The number of carbonyl (C=O) groups is 1. The van der Waals surface area contributed by atoms with Crippen molar-refractivity contribution in [2.45, 2.75) is 29.8 Å². The van der Waals surface area contributed by atoms with Crippen LogP contribution in [-0.4, -0.2) is 70.7 Å². The van der Waals surface area contributed by atoms with Gasteiger partial charge in [0.25, 0.3) is 5.91 Å². The molecule has 1 amide bonds. The molecule has 0 aromatic heterocycles. The van der Waals surface area contributed by atoms with Gasteiger partial charge in [0.2, 0.25) is 5.90 Å². The zero-order chi connectivity index (χ0) is 29.3. The fourth-order valence-corrected chi connectivity index (χ4v) is 5.70. The van der Waals surface area contributed by atoms with Gasteiger partial charge >= 0.3 is 0 Å². The van der Waals surface area contributed by atoms with E-state index in [9.17, 15) is 13.2 Å². The summed E-state index contributed by atoms with van der Waals surface area (Å²) in [4.78, 5) is 18.5. The Balaban J connectivity index is 1.56. The Morgan fingerprint density at radius 1 is 1.02 bits per heavy atom. The number of hydrogen-bond acceptors (Lipinski definition) is 9. The van der Waals surface area contributed by atoms with E-state index in [2.05, 4.69) is 10.3 Å². The zero-order valence-corrected chi connectivity index (χ0v) is 23.9. The highest BCUT2D eigenvalue weighted by Crippen LogP contribution is 2.30. The molecule has 0 saturated heterocycles. The second-order valence-corrected chi connectivity index (χ2v) is 11.6. The topological polar surface area (TPSA) is 133 Å². The lowest BCUT2D eigenvalue weighted by Gasteiger charge is -2.23. The van der Waals surface area contributed by atoms with Crippen molar-refractivity contribution < 1.29 is 37.3 Å². The van der Waals surface area contributed by atoms with E-state index < -0.39 is 21.3 Å². The molecule has 0 saturated carbocycles. The first kappa shape index (κ1) is 29.9. The first-order valence-corrected chi connectivity index (χ1v) is 14.8. The number of carbonyl (C=O) groups excluding carboxylic acids is 1. The van der Waals surface area contributed by atoms with E-state index in [1.807, 2.05) is 0 Å². The maximum Gasteiger partial charge on any atom is 0.251 e. The number of aliphatic hydroxyl groups is 1. The van der Waals surface area contributed by atoms with Crippen LogP contribution in [-0.2, 0) is 25.9 Å². The van der Waals surface area contributed by atoms with Gasteiger partial charge in [-0.25, -0.2) is 13.4 Å². The van der Waals surface area contributed by atoms with Crippen LogP contribution in [0.15, 0.2) is 82.7 Å². The van der Waals surface area contributed by atoms with Crippen molar-refractivity contribution >= 4 is 21.6 Å². The molecule has 0 bridgehead atoms. The van der Waals surface area contributed by atoms with Crippen LogP contribution in [0.4, 0.5) is 0 Å². The van der Waals surface area contributed by atoms with Gasteiger partial charge in [-0.1, -0.05) is 24.3 Å². The molecule has 1 heterocycles. The first-order valence-electron chi connectivity index (χ1n) is 13.1. The normalized spacial score (nSPS) is 16.4. The second-order valence-electron chi connectivity index (χ2n) is 9.44. The van der Waals surface area contributed by atoms with E-state index in [-0.39, 0.29) is 42.7 Å². The molecule has 0 aliphatic carbocycles. The van der Waals surface area contributed by atoms with E-state index >= 15 is 0 Å². The molecule has 4 rings (SSSR count). The van der Waals surface area contributed by atoms with Crippen LogP contribution in [0.25, 0.3) is 0 Å². The van der Waals surface area contributed by atoms with Crippen LogP contribution < -0.4 is 19.5 Å². The van der Waals surface area contributed by atoms with E-state index in [1.165, 1.54) is 19.2 Å². The maximum absolute atomic E-state index is 13.7. The molecule has 0 spiro atoms. The van der Waals surface area contributed by atoms with Crippen molar-refractivity contribution in [2.75, 3.05) is 39.8 Å². The third-order valence-electron chi connectivity index (χ3n) is 6.65. The summed E-state index contributed by atoms with van der Waals surface area (Å²) in [6.45, 7) is 0.474. The van der Waals surface area contributed by atoms with Crippen LogP contribution in [0.5, 0.6) is 17.2 Å². The summed E-state index contributed by atoms with van der Waals surface area (Å²) in [6.07, 6.45) is 0.443. The highest BCUT2D eigenvalue weighted by molar-refractivity contribution is 7.91. The fraction of sp³-hybridized carbons (Fsp3) is 0.333. The number of aliphatic imine (C=N–C) groups is 1. The minimum absolute atomic E-state index is 0.0406. The highest BCUT2D eigenvalue weighted by Gasteiger charge is 2.45. The lowest BCUT2D eigenvalue weighted by molar-refractivity contribution is -0.126. The van der Waals surface area contributed by atoms with Crippen molar-refractivity contribution in [3.8, 4) is 17.2 Å². The predicted octanol–water partition coefficient (Wildman–Crippen LogP) is 3.16. The van der Waals surface area contributed by atoms with E-state index in [4.69, 9.17) is 24.1 Å². The number of aliphatic hydroxyl groups excluding tert-OH is 1. The van der Waals surface area contributed by atoms with Crippen LogP contribution in [0.2, 0.25) is 0 Å². The molecule has 10 nitrogen and oxygen atoms in total. The number of methoxy groups -OCH3 is 2. The molecule has 2 N–H and O–H groups in total. The molecule has 0 unspecified atom stereocenters. The lowest BCUT2D eigenvalue weighted by Crippen LogP contribution is -2.47. The fourth-order valence-electron chi connectivity index (χ4n) is 4.29. The summed E-state index contributed by atoms with van der Waals surface area (Å²) in [5.41, 5.74) is -0.0627. The molecule has 3 aromatic carbocycles. The van der Waals surface area contributed by atoms with Gasteiger partial charge in [0.1, 0.15) is 12.4 Å². The molecule has 0 fully saturated rings. The number of sulfone groups is 1. The van der Waals surface area contributed by atoms with Crippen LogP contribution >= 0.6 is 0 Å². The second kappa shape index (κ2) is 13.5. The average Bonchev–Trinajstić information content (AvgIpc) is 3.45. The van der Waals surface area contributed by atoms with Crippen molar-refractivity contribution in [2.24, 2.45) is 4.99 Å². The molecule has 41 heavy (non-hydrogen) atoms. The number of nitrogens with one attached hydrogen (secondary N) is 1. The number of nitrogens with zero attached hydrogens (tertiary/aromatic N) is 1. The Bertz CT molecular complexity index is 1460. The monoisotopic (exact) mass is 582 g/mol. The Labute approximate surface area is 239 Å². The van der Waals surface area contributed by atoms with E-state index in [0.29, 0.717) is 35.8 Å². The molecule has 0 radical (unpaired) electrons. The zero-order valence-electron chi connectivity index (χ0n) is 23.0. The van der Waals surface area contributed by atoms with Gasteiger partial charge in [0.05, 0.1) is 31.5 Å². The van der Waals surface area contributed by atoms with Gasteiger partial charge < -0.3 is 29.4 Å². The summed E-state index contributed by atoms with van der Waals surface area (Å²) < 4.78 is 48.3. The molecular weight excluding hydrogens is 548 g/mol. The smallest absolute Gasteiger partial charge is 0.251 e. The lowest BCUT2D eigenvalue weighted by atomic mass is 9.97. The molecule has 3 aromatic rings. The van der Waals surface area contributed by atoms with E-state index in [1.54, 1.807) is 67.8 Å². The minimum atomic E-state index is -3.67. The third-order valence-corrected chi connectivity index (χ3v) is 8.38. The molecule has 218 valence electrons. The number of ether oxygens (including phenoxy) is 4. The molecule has 11 heteroatoms. The van der Waals surface area contributed by atoms with Crippen molar-refractivity contribution in [3.63, 3.8) is 0 Å². The van der Waals surface area contributed by atoms with Gasteiger partial charge in [-0.2, -0.15) is 0 Å². The Hall–Kier alpha value is -4.09. The quantitative estimate of drug-likeness (QED) is 0.277. The first-order chi connectivity index (χ1) is 19.8. The molecule has 1 atom stereocenters. The van der Waals surface area contributed by atoms with Crippen molar-refractivity contribution in [1.82, 2.24) is 5.32 Å². The average molecular weight is 583 g/mol. The van der Waals surface area contributed by atoms with Gasteiger partial charge in [-0.3, -0.25) is 4.79 Å². The largest absolute Gasteiger partial charge is 0.494 e. The van der Waals surface area contributed by atoms with Crippen molar-refractivity contribution in [1.29, 1.82) is 0 Å². The van der Waals surface area contributed by atoms with Gasteiger partial charge in [-0.05, 0) is 60.5 Å². The number of benzene rings is 3. The predicted molar refractivity (Wildman–Crippen MR) is 153 cm³/mol. The summed E-state index contributed by atoms with van der Waals surface area (Å²) >= 11 is 0. The molecule has 1 aliphatic heterocycles. The molecular formula is C30H34N2O8S. The van der Waals surface area contributed by atoms with Crippen LogP contribution in [0, 0.1) is 0 Å². The van der Waals surface area contributed by atoms with E-state index in [0.717, 1.165) is 5.56 Å². The van der Waals surface area contributed by atoms with Crippen LogP contribution in [0.1, 0.15) is 24.0 Å². The van der Waals surface area contributed by atoms with Gasteiger partial charge in [0, 0.05) is 25.1 Å². The van der Waals surface area contributed by atoms with Gasteiger partial charge in [-0.15, -0.1) is 0 Å². The van der Waals surface area contributed by atoms with Crippen LogP contribution in [0.3, 0.4) is 0 Å². The maximum atomic E-state index is 13.7. The summed E-state index contributed by atoms with van der Waals surface area (Å²) in [5, 5.41) is 11.8.